The molecular weight excluding hydrogens is 268 g/mol. The molecular formula is C16H28N2O3. The first-order valence-electron chi connectivity index (χ1n) is 8.05. The van der Waals surface area contributed by atoms with Crippen molar-refractivity contribution in [2.24, 2.45) is 5.92 Å². The molecule has 0 aromatic heterocycles. The fourth-order valence-electron chi connectivity index (χ4n) is 2.90. The predicted octanol–water partition coefficient (Wildman–Crippen LogP) is 1.71. The lowest BCUT2D eigenvalue weighted by Crippen LogP contribution is -2.64. The molecule has 21 heavy (non-hydrogen) atoms. The molecule has 2 aliphatic rings. The Balaban J connectivity index is 2.10. The zero-order valence-electron chi connectivity index (χ0n) is 13.6. The van der Waals surface area contributed by atoms with Gasteiger partial charge in [-0.2, -0.15) is 0 Å². The Hall–Kier alpha value is -1.10. The average molecular weight is 296 g/mol. The van der Waals surface area contributed by atoms with Crippen LogP contribution in [0.3, 0.4) is 0 Å². The highest BCUT2D eigenvalue weighted by Gasteiger charge is 2.47. The topological polar surface area (TPSA) is 58.6 Å². The Labute approximate surface area is 127 Å². The summed E-state index contributed by atoms with van der Waals surface area (Å²) in [6.45, 7) is 6.65. The lowest BCUT2D eigenvalue weighted by atomic mass is 9.98. The minimum absolute atomic E-state index is 0.0331. The lowest BCUT2D eigenvalue weighted by molar-refractivity contribution is -0.151. The molecule has 2 rings (SSSR count). The molecule has 0 bridgehead atoms. The Morgan fingerprint density at radius 1 is 1.33 bits per heavy atom. The number of methoxy groups -OCH3 is 1. The second-order valence-electron chi connectivity index (χ2n) is 6.88. The van der Waals surface area contributed by atoms with E-state index >= 15 is 0 Å². The first kappa shape index (κ1) is 16.3. The minimum Gasteiger partial charge on any atom is -0.379 e. The summed E-state index contributed by atoms with van der Waals surface area (Å²) in [5.74, 6) is 0.466. The molecule has 1 N–H and O–H groups in total. The van der Waals surface area contributed by atoms with Gasteiger partial charge in [0, 0.05) is 13.7 Å². The van der Waals surface area contributed by atoms with Crippen molar-refractivity contribution < 1.29 is 14.3 Å². The number of hydrogen-bond donors (Lipinski definition) is 1. The van der Waals surface area contributed by atoms with Crippen LogP contribution in [-0.2, 0) is 14.3 Å². The van der Waals surface area contributed by atoms with E-state index in [0.717, 1.165) is 25.7 Å². The molecule has 2 atom stereocenters. The van der Waals surface area contributed by atoms with Crippen LogP contribution in [0.25, 0.3) is 0 Å². The van der Waals surface area contributed by atoms with Crippen LogP contribution in [0.4, 0.5) is 0 Å². The third-order valence-corrected chi connectivity index (χ3v) is 4.66. The van der Waals surface area contributed by atoms with Crippen molar-refractivity contribution in [1.29, 1.82) is 0 Å². The first-order chi connectivity index (χ1) is 9.89. The zero-order chi connectivity index (χ0) is 15.6. The molecule has 5 nitrogen and oxygen atoms in total. The van der Waals surface area contributed by atoms with E-state index in [2.05, 4.69) is 5.32 Å². The van der Waals surface area contributed by atoms with E-state index in [1.807, 2.05) is 25.7 Å². The molecule has 1 aliphatic heterocycles. The summed E-state index contributed by atoms with van der Waals surface area (Å²) in [5.41, 5.74) is -0.275. The molecule has 2 unspecified atom stereocenters. The number of nitrogens with one attached hydrogen (secondary N) is 1. The molecule has 0 aromatic rings. The summed E-state index contributed by atoms with van der Waals surface area (Å²) in [5, 5.41) is 2.92. The van der Waals surface area contributed by atoms with E-state index in [1.54, 1.807) is 7.11 Å². The number of rotatable bonds is 7. The van der Waals surface area contributed by atoms with E-state index in [-0.39, 0.29) is 29.5 Å². The van der Waals surface area contributed by atoms with Crippen LogP contribution in [0.15, 0.2) is 0 Å². The molecule has 2 fully saturated rings. The minimum atomic E-state index is -0.344. The highest BCUT2D eigenvalue weighted by atomic mass is 16.5. The number of amides is 2. The van der Waals surface area contributed by atoms with E-state index in [1.165, 1.54) is 0 Å². The van der Waals surface area contributed by atoms with Crippen molar-refractivity contribution in [2.45, 2.75) is 70.6 Å². The monoisotopic (exact) mass is 296 g/mol. The summed E-state index contributed by atoms with van der Waals surface area (Å²) in [4.78, 5) is 26.9. The van der Waals surface area contributed by atoms with Crippen LogP contribution in [0.1, 0.15) is 52.9 Å². The Morgan fingerprint density at radius 3 is 2.52 bits per heavy atom. The van der Waals surface area contributed by atoms with Crippen LogP contribution in [0.2, 0.25) is 0 Å². The van der Waals surface area contributed by atoms with Crippen molar-refractivity contribution in [3.8, 4) is 0 Å². The molecule has 5 heteroatoms. The van der Waals surface area contributed by atoms with Crippen molar-refractivity contribution in [1.82, 2.24) is 10.2 Å². The molecule has 1 saturated heterocycles. The molecule has 1 heterocycles. The van der Waals surface area contributed by atoms with Crippen molar-refractivity contribution in [3.63, 3.8) is 0 Å². The largest absolute Gasteiger partial charge is 0.379 e. The summed E-state index contributed by atoms with van der Waals surface area (Å²) >= 11 is 0. The maximum Gasteiger partial charge on any atom is 0.245 e. The standard InChI is InChI=1S/C16H28N2O3/c1-5-6-12-15(20)18(10-9-16(2,3)21-4)13(11-7-8-11)14(19)17-12/h11-13H,5-10H2,1-4H3,(H,17,19). The molecule has 120 valence electrons. The smallest absolute Gasteiger partial charge is 0.245 e. The summed E-state index contributed by atoms with van der Waals surface area (Å²) in [6, 6.07) is -0.610. The van der Waals surface area contributed by atoms with Gasteiger partial charge < -0.3 is 15.0 Å². The summed E-state index contributed by atoms with van der Waals surface area (Å²) < 4.78 is 5.44. The lowest BCUT2D eigenvalue weighted by Gasteiger charge is -2.40. The van der Waals surface area contributed by atoms with Crippen LogP contribution in [-0.4, -0.2) is 48.1 Å². The fourth-order valence-corrected chi connectivity index (χ4v) is 2.90. The van der Waals surface area contributed by atoms with Gasteiger partial charge >= 0.3 is 0 Å². The van der Waals surface area contributed by atoms with Gasteiger partial charge in [0.2, 0.25) is 11.8 Å². The average Bonchev–Trinajstić information content (AvgIpc) is 3.25. The highest BCUT2D eigenvalue weighted by molar-refractivity contribution is 5.97. The molecule has 1 saturated carbocycles. The molecule has 1 aliphatic carbocycles. The highest BCUT2D eigenvalue weighted by Crippen LogP contribution is 2.37. The molecule has 0 radical (unpaired) electrons. The number of hydrogen-bond acceptors (Lipinski definition) is 3. The Kier molecular flexibility index (Phi) is 4.91. The van der Waals surface area contributed by atoms with Crippen LogP contribution >= 0.6 is 0 Å². The van der Waals surface area contributed by atoms with E-state index < -0.39 is 0 Å². The first-order valence-corrected chi connectivity index (χ1v) is 8.05. The molecule has 2 amide bonds. The van der Waals surface area contributed by atoms with E-state index in [0.29, 0.717) is 18.9 Å². The third kappa shape index (κ3) is 3.76. The number of carbonyl (C=O) groups is 2. The van der Waals surface area contributed by atoms with Gasteiger partial charge in [-0.3, -0.25) is 9.59 Å². The SMILES string of the molecule is CCCC1NC(=O)C(C2CC2)N(CCC(C)(C)OC)C1=O. The van der Waals surface area contributed by atoms with Gasteiger partial charge in [-0.25, -0.2) is 0 Å². The second-order valence-corrected chi connectivity index (χ2v) is 6.88. The van der Waals surface area contributed by atoms with Crippen LogP contribution in [0, 0.1) is 5.92 Å². The van der Waals surface area contributed by atoms with Gasteiger partial charge in [-0.15, -0.1) is 0 Å². The van der Waals surface area contributed by atoms with Gasteiger partial charge in [0.1, 0.15) is 12.1 Å². The van der Waals surface area contributed by atoms with Gasteiger partial charge in [-0.05, 0) is 45.4 Å². The van der Waals surface area contributed by atoms with Crippen molar-refractivity contribution in [2.75, 3.05) is 13.7 Å². The Bertz CT molecular complexity index is 404. The quantitative estimate of drug-likeness (QED) is 0.778. The number of carbonyl (C=O) groups excluding carboxylic acids is 2. The van der Waals surface area contributed by atoms with Crippen LogP contribution in [0.5, 0.6) is 0 Å². The number of nitrogens with zero attached hydrogens (tertiary/aromatic N) is 1. The van der Waals surface area contributed by atoms with Crippen molar-refractivity contribution in [3.05, 3.63) is 0 Å². The van der Waals surface area contributed by atoms with E-state index in [4.69, 9.17) is 4.74 Å². The third-order valence-electron chi connectivity index (χ3n) is 4.66. The predicted molar refractivity (Wildman–Crippen MR) is 80.8 cm³/mol. The fraction of sp³-hybridized carbons (Fsp3) is 0.875. The van der Waals surface area contributed by atoms with Gasteiger partial charge in [0.15, 0.2) is 0 Å². The molecule has 0 spiro atoms. The van der Waals surface area contributed by atoms with E-state index in [9.17, 15) is 9.59 Å². The van der Waals surface area contributed by atoms with Gasteiger partial charge in [0.05, 0.1) is 5.60 Å². The molecule has 0 aromatic carbocycles. The summed E-state index contributed by atoms with van der Waals surface area (Å²) in [6.07, 6.45) is 4.45. The number of piperazine rings is 1. The maximum absolute atomic E-state index is 12.7. The maximum atomic E-state index is 12.7. The van der Waals surface area contributed by atoms with Gasteiger partial charge in [0.25, 0.3) is 0 Å². The second kappa shape index (κ2) is 6.34. The number of ether oxygens (including phenoxy) is 1. The zero-order valence-corrected chi connectivity index (χ0v) is 13.6. The Morgan fingerprint density at radius 2 is 2.00 bits per heavy atom. The normalized spacial score (nSPS) is 27.0. The van der Waals surface area contributed by atoms with Crippen LogP contribution < -0.4 is 5.32 Å². The van der Waals surface area contributed by atoms with Crippen molar-refractivity contribution >= 4 is 11.8 Å². The van der Waals surface area contributed by atoms with Gasteiger partial charge in [-0.1, -0.05) is 13.3 Å². The summed E-state index contributed by atoms with van der Waals surface area (Å²) in [7, 11) is 1.68.